The van der Waals surface area contributed by atoms with Crippen LogP contribution >= 0.6 is 0 Å². The maximum atomic E-state index is 5.84. The van der Waals surface area contributed by atoms with Gasteiger partial charge in [0.05, 0.1) is 0 Å². The molecule has 0 unspecified atom stereocenters. The zero-order valence-corrected chi connectivity index (χ0v) is 10.3. The third kappa shape index (κ3) is 4.72. The van der Waals surface area contributed by atoms with E-state index in [2.05, 4.69) is 27.7 Å². The molecule has 0 aliphatic rings. The van der Waals surface area contributed by atoms with Gasteiger partial charge in [0.2, 0.25) is 0 Å². The quantitative estimate of drug-likeness (QED) is 0.429. The molecular formula is C9H21LiOSi. The van der Waals surface area contributed by atoms with E-state index < -0.39 is 8.32 Å². The molecule has 0 heterocycles. The molecule has 68 valence electrons. The van der Waals surface area contributed by atoms with Gasteiger partial charge in [0.25, 0.3) is 0 Å². The molecule has 0 aromatic carbocycles. The second kappa shape index (κ2) is 8.38. The number of rotatable bonds is 6. The first-order chi connectivity index (χ1) is 5.24. The van der Waals surface area contributed by atoms with Crippen molar-refractivity contribution in [1.29, 1.82) is 0 Å². The molecule has 0 rings (SSSR count). The second-order valence-corrected chi connectivity index (χ2v) is 7.66. The fourth-order valence-electron chi connectivity index (χ4n) is 1.26. The van der Waals surface area contributed by atoms with E-state index in [-0.39, 0.29) is 18.9 Å². The first kappa shape index (κ1) is 15.3. The van der Waals surface area contributed by atoms with Crippen LogP contribution in [0, 0.1) is 6.61 Å². The van der Waals surface area contributed by atoms with E-state index in [4.69, 9.17) is 4.43 Å². The summed E-state index contributed by atoms with van der Waals surface area (Å²) in [4.78, 5) is 0. The largest absolute Gasteiger partial charge is 1.00 e. The van der Waals surface area contributed by atoms with Crippen LogP contribution in [0.15, 0.2) is 0 Å². The minimum Gasteiger partial charge on any atom is -0.592 e. The summed E-state index contributed by atoms with van der Waals surface area (Å²) in [5, 5.41) is 0. The van der Waals surface area contributed by atoms with Crippen LogP contribution in [0.3, 0.4) is 0 Å². The molecule has 12 heavy (non-hydrogen) atoms. The van der Waals surface area contributed by atoms with Gasteiger partial charge in [0, 0.05) is 0 Å². The molecule has 0 spiro atoms. The Kier molecular flexibility index (Phi) is 10.6. The van der Waals surface area contributed by atoms with Crippen molar-refractivity contribution in [2.24, 2.45) is 0 Å². The first-order valence-electron chi connectivity index (χ1n) is 4.74. The molecule has 0 atom stereocenters. The summed E-state index contributed by atoms with van der Waals surface area (Å²) in [7, 11) is -1.29. The zero-order valence-electron chi connectivity index (χ0n) is 9.31. The Morgan fingerprint density at radius 1 is 1.00 bits per heavy atom. The van der Waals surface area contributed by atoms with Crippen LogP contribution in [0.1, 0.15) is 34.1 Å². The molecule has 0 aliphatic carbocycles. The maximum Gasteiger partial charge on any atom is 1.00 e. The normalized spacial score (nSPS) is 11.0. The molecule has 0 amide bonds. The van der Waals surface area contributed by atoms with Crippen molar-refractivity contribution in [3.63, 3.8) is 0 Å². The van der Waals surface area contributed by atoms with Crippen LogP contribution in [0.5, 0.6) is 0 Å². The summed E-state index contributed by atoms with van der Waals surface area (Å²) >= 11 is 0. The molecule has 0 aromatic heterocycles. The summed E-state index contributed by atoms with van der Waals surface area (Å²) in [6.07, 6.45) is 1.04. The third-order valence-electron chi connectivity index (χ3n) is 2.43. The predicted molar refractivity (Wildman–Crippen MR) is 52.9 cm³/mol. The monoisotopic (exact) mass is 180 g/mol. The Bertz CT molecular complexity index is 86.3. The van der Waals surface area contributed by atoms with Crippen LogP contribution in [0.2, 0.25) is 18.1 Å². The van der Waals surface area contributed by atoms with E-state index in [1.807, 2.05) is 6.61 Å². The molecule has 0 bridgehead atoms. The molecule has 0 aliphatic heterocycles. The molecule has 0 saturated heterocycles. The number of hydrogen-bond acceptors (Lipinski definition) is 1. The van der Waals surface area contributed by atoms with Gasteiger partial charge in [-0.3, -0.25) is 0 Å². The standard InChI is InChI=1S/C9H21OSi.Li/c1-5-9-10-11(6-2,7-3)8-4;/h9H,5-8H2,1-4H3;/q-1;+1. The Labute approximate surface area is 90.6 Å². The molecule has 0 N–H and O–H groups in total. The van der Waals surface area contributed by atoms with Gasteiger partial charge in [-0.15, -0.1) is 0 Å². The summed E-state index contributed by atoms with van der Waals surface area (Å²) in [6.45, 7) is 10.9. The fraction of sp³-hybridized carbons (Fsp3) is 0.889. The first-order valence-corrected chi connectivity index (χ1v) is 7.27. The summed E-state index contributed by atoms with van der Waals surface area (Å²) in [5.74, 6) is 0. The molecule has 0 aromatic rings. The van der Waals surface area contributed by atoms with E-state index in [9.17, 15) is 0 Å². The van der Waals surface area contributed by atoms with Crippen LogP contribution in [0.4, 0.5) is 0 Å². The second-order valence-electron chi connectivity index (χ2n) is 2.94. The fourth-order valence-corrected chi connectivity index (χ4v) is 3.78. The minimum atomic E-state index is -1.29. The topological polar surface area (TPSA) is 9.23 Å². The van der Waals surface area contributed by atoms with Crippen molar-refractivity contribution in [2.75, 3.05) is 0 Å². The molecule has 1 nitrogen and oxygen atoms in total. The van der Waals surface area contributed by atoms with Crippen molar-refractivity contribution in [3.05, 3.63) is 6.61 Å². The minimum absolute atomic E-state index is 0. The van der Waals surface area contributed by atoms with Gasteiger partial charge in [-0.2, -0.15) is 6.42 Å². The molecule has 0 saturated carbocycles. The van der Waals surface area contributed by atoms with Crippen LogP contribution in [-0.2, 0) is 4.43 Å². The zero-order chi connectivity index (χ0) is 8.74. The van der Waals surface area contributed by atoms with E-state index >= 15 is 0 Å². The van der Waals surface area contributed by atoms with E-state index in [0.29, 0.717) is 0 Å². The van der Waals surface area contributed by atoms with Crippen molar-refractivity contribution < 1.29 is 23.3 Å². The Morgan fingerprint density at radius 3 is 1.67 bits per heavy atom. The molecule has 0 fully saturated rings. The van der Waals surface area contributed by atoms with Crippen molar-refractivity contribution in [2.45, 2.75) is 52.2 Å². The van der Waals surface area contributed by atoms with Crippen molar-refractivity contribution in [1.82, 2.24) is 0 Å². The molecule has 3 heteroatoms. The SMILES string of the molecule is CC[CH-]O[Si](CC)(CC)CC.[Li+]. The van der Waals surface area contributed by atoms with Gasteiger partial charge in [0.15, 0.2) is 8.32 Å². The summed E-state index contributed by atoms with van der Waals surface area (Å²) < 4.78 is 5.84. The Hall–Kier alpha value is 0.774. The Balaban J connectivity index is 0. The third-order valence-corrected chi connectivity index (χ3v) is 6.97. The predicted octanol–water partition coefficient (Wildman–Crippen LogP) is 0.584. The van der Waals surface area contributed by atoms with Gasteiger partial charge in [-0.25, -0.2) is 6.61 Å². The summed E-state index contributed by atoms with van der Waals surface area (Å²) in [5.41, 5.74) is 0. The van der Waals surface area contributed by atoms with Crippen molar-refractivity contribution >= 4 is 8.32 Å². The van der Waals surface area contributed by atoms with Crippen molar-refractivity contribution in [3.8, 4) is 0 Å². The average Bonchev–Trinajstić information content (AvgIpc) is 2.08. The smallest absolute Gasteiger partial charge is 0.592 e. The number of hydrogen-bond donors (Lipinski definition) is 0. The molecular weight excluding hydrogens is 159 g/mol. The Morgan fingerprint density at radius 2 is 1.42 bits per heavy atom. The van der Waals surface area contributed by atoms with Gasteiger partial charge in [-0.1, -0.05) is 27.7 Å². The van der Waals surface area contributed by atoms with Gasteiger partial charge in [-0.05, 0) is 18.1 Å². The van der Waals surface area contributed by atoms with Gasteiger partial charge in [0.1, 0.15) is 0 Å². The molecule has 0 radical (unpaired) electrons. The average molecular weight is 180 g/mol. The van der Waals surface area contributed by atoms with E-state index in [1.54, 1.807) is 0 Å². The van der Waals surface area contributed by atoms with Gasteiger partial charge < -0.3 is 4.43 Å². The summed E-state index contributed by atoms with van der Waals surface area (Å²) in [6, 6.07) is 3.74. The van der Waals surface area contributed by atoms with Crippen LogP contribution < -0.4 is 18.9 Å². The van der Waals surface area contributed by atoms with E-state index in [1.165, 1.54) is 18.1 Å². The van der Waals surface area contributed by atoms with Crippen LogP contribution in [0.25, 0.3) is 0 Å². The van der Waals surface area contributed by atoms with Gasteiger partial charge >= 0.3 is 18.9 Å². The van der Waals surface area contributed by atoms with E-state index in [0.717, 1.165) is 6.42 Å². The van der Waals surface area contributed by atoms with Crippen LogP contribution in [-0.4, -0.2) is 8.32 Å². The maximum absolute atomic E-state index is 5.84.